The molecule has 0 saturated carbocycles. The molecule has 184 valence electrons. The number of hydrogen-bond donors (Lipinski definition) is 0. The van der Waals surface area contributed by atoms with Crippen molar-refractivity contribution < 1.29 is 34.2 Å². The van der Waals surface area contributed by atoms with E-state index in [1.54, 1.807) is 82.5 Å². The third kappa shape index (κ3) is 3.66. The van der Waals surface area contributed by atoms with Crippen LogP contribution < -0.4 is 7.74 Å². The molecule has 7 heteroatoms. The van der Waals surface area contributed by atoms with Gasteiger partial charge in [-0.15, -0.1) is 0 Å². The van der Waals surface area contributed by atoms with Crippen LogP contribution in [0.2, 0.25) is 8.45 Å². The first-order chi connectivity index (χ1) is 18.0. The van der Waals surface area contributed by atoms with Gasteiger partial charge in [0.15, 0.2) is 0 Å². The van der Waals surface area contributed by atoms with E-state index in [0.29, 0.717) is 0 Å². The fourth-order valence-electron chi connectivity index (χ4n) is 5.72. The number of allylic oxidation sites excluding steroid dienone is 8. The number of aromatic nitrogens is 2. The van der Waals surface area contributed by atoms with Crippen LogP contribution in [0.15, 0.2) is 122 Å². The van der Waals surface area contributed by atoms with Gasteiger partial charge in [0, 0.05) is 0 Å². The summed E-state index contributed by atoms with van der Waals surface area (Å²) < 4.78 is 67.0. The first kappa shape index (κ1) is 23.8. The van der Waals surface area contributed by atoms with Crippen LogP contribution in [-0.2, 0) is 16.6 Å². The summed E-state index contributed by atoms with van der Waals surface area (Å²) in [7, 11) is 0. The molecular formula is C30H22F4N2Ti. The summed E-state index contributed by atoms with van der Waals surface area (Å²) in [6.07, 6.45) is 21.1. The molecular weight excluding hydrogens is 512 g/mol. The maximum atomic E-state index is 16.7. The Balaban J connectivity index is 1.76. The Morgan fingerprint density at radius 2 is 0.865 bits per heavy atom. The van der Waals surface area contributed by atoms with E-state index in [-0.39, 0.29) is 19.1 Å². The Bertz CT molecular complexity index is 1440. The molecule has 2 aromatic heterocycles. The van der Waals surface area contributed by atoms with Crippen molar-refractivity contribution in [3.05, 3.63) is 145 Å². The fraction of sp³-hybridized carbons (Fsp3) is 0.0667. The Morgan fingerprint density at radius 1 is 0.514 bits per heavy atom. The van der Waals surface area contributed by atoms with Crippen molar-refractivity contribution in [1.29, 1.82) is 0 Å². The molecule has 0 aliphatic heterocycles. The van der Waals surface area contributed by atoms with Crippen molar-refractivity contribution in [1.82, 2.24) is 9.13 Å². The Morgan fingerprint density at radius 3 is 1.22 bits per heavy atom. The van der Waals surface area contributed by atoms with E-state index in [9.17, 15) is 0 Å². The maximum absolute atomic E-state index is 16.7. The van der Waals surface area contributed by atoms with E-state index >= 15 is 17.6 Å². The summed E-state index contributed by atoms with van der Waals surface area (Å²) in [5.74, 6) is -3.16. The normalized spacial score (nSPS) is 15.5. The first-order valence-corrected chi connectivity index (χ1v) is 15.3. The third-order valence-electron chi connectivity index (χ3n) is 7.28. The quantitative estimate of drug-likeness (QED) is 0.191. The zero-order chi connectivity index (χ0) is 25.6. The molecule has 0 atom stereocenters. The molecule has 0 amide bonds. The Labute approximate surface area is 215 Å². The molecule has 0 unspecified atom stereocenters. The summed E-state index contributed by atoms with van der Waals surface area (Å²) in [6.45, 7) is 0. The number of rotatable bonds is 6. The summed E-state index contributed by atoms with van der Waals surface area (Å²) in [4.78, 5) is 0. The molecule has 2 nitrogen and oxygen atoms in total. The van der Waals surface area contributed by atoms with Crippen LogP contribution >= 0.6 is 0 Å². The van der Waals surface area contributed by atoms with Crippen molar-refractivity contribution in [2.75, 3.05) is 0 Å². The Kier molecular flexibility index (Phi) is 6.02. The van der Waals surface area contributed by atoms with Gasteiger partial charge >= 0.3 is 216 Å². The second-order valence-corrected chi connectivity index (χ2v) is 15.5. The van der Waals surface area contributed by atoms with Crippen LogP contribution in [0, 0.1) is 23.3 Å². The van der Waals surface area contributed by atoms with Crippen LogP contribution in [0.3, 0.4) is 0 Å². The van der Waals surface area contributed by atoms with Crippen molar-refractivity contribution in [3.8, 4) is 11.4 Å². The van der Waals surface area contributed by atoms with E-state index < -0.39 is 48.3 Å². The van der Waals surface area contributed by atoms with Gasteiger partial charge in [-0.05, 0) is 0 Å². The van der Waals surface area contributed by atoms with Gasteiger partial charge in [0.05, 0.1) is 0 Å². The van der Waals surface area contributed by atoms with Crippen LogP contribution in [-0.4, -0.2) is 9.13 Å². The molecule has 2 heterocycles. The average Bonchev–Trinajstić information content (AvgIpc) is 3.71. The van der Waals surface area contributed by atoms with Gasteiger partial charge in [-0.3, -0.25) is 0 Å². The van der Waals surface area contributed by atoms with Gasteiger partial charge < -0.3 is 0 Å². The molecule has 2 aliphatic rings. The molecule has 2 aliphatic carbocycles. The van der Waals surface area contributed by atoms with E-state index in [1.165, 1.54) is 24.3 Å². The van der Waals surface area contributed by atoms with Crippen molar-refractivity contribution in [3.63, 3.8) is 0 Å². The summed E-state index contributed by atoms with van der Waals surface area (Å²) >= 11 is -4.80. The summed E-state index contributed by atoms with van der Waals surface area (Å²) in [5, 5.41) is 0. The topological polar surface area (TPSA) is 9.86 Å². The van der Waals surface area contributed by atoms with Crippen molar-refractivity contribution >= 4 is 7.74 Å². The molecule has 0 saturated heterocycles. The Hall–Kier alpha value is -3.61. The van der Waals surface area contributed by atoms with Crippen LogP contribution in [0.4, 0.5) is 17.6 Å². The zero-order valence-corrected chi connectivity index (χ0v) is 21.2. The number of benzene rings is 2. The zero-order valence-electron chi connectivity index (χ0n) is 19.6. The summed E-state index contributed by atoms with van der Waals surface area (Å²) in [6, 6.07) is 12.1. The van der Waals surface area contributed by atoms with Crippen LogP contribution in [0.25, 0.3) is 11.4 Å². The molecule has 37 heavy (non-hydrogen) atoms. The third-order valence-corrected chi connectivity index (χ3v) is 15.8. The van der Waals surface area contributed by atoms with Gasteiger partial charge in [-0.25, -0.2) is 0 Å². The monoisotopic (exact) mass is 534 g/mol. The predicted molar refractivity (Wildman–Crippen MR) is 135 cm³/mol. The van der Waals surface area contributed by atoms with Crippen LogP contribution in [0.5, 0.6) is 0 Å². The van der Waals surface area contributed by atoms with Gasteiger partial charge in [-0.2, -0.15) is 0 Å². The van der Waals surface area contributed by atoms with Crippen LogP contribution in [0.1, 0.15) is 0 Å². The minimum absolute atomic E-state index is 0.135. The molecule has 0 fully saturated rings. The summed E-state index contributed by atoms with van der Waals surface area (Å²) in [5.41, 5.74) is 0.270. The van der Waals surface area contributed by atoms with Crippen molar-refractivity contribution in [2.45, 2.75) is 8.45 Å². The van der Waals surface area contributed by atoms with Gasteiger partial charge in [0.2, 0.25) is 0 Å². The molecule has 6 rings (SSSR count). The number of hydrogen-bond acceptors (Lipinski definition) is 0. The van der Waals surface area contributed by atoms with E-state index in [1.807, 2.05) is 24.3 Å². The van der Waals surface area contributed by atoms with Crippen molar-refractivity contribution in [2.24, 2.45) is 0 Å². The number of halogens is 4. The standard InChI is InChI=1S/2C10H6F2N.2C5H5.Ti/c2*11-8-3-4-10(9(12)7-8)13-5-1-2-6-13;2*1-2-4-5-3-1;/h2*1-6H;2*1-5H;. The van der Waals surface area contributed by atoms with E-state index in [4.69, 9.17) is 0 Å². The molecule has 2 aromatic carbocycles. The second kappa shape index (κ2) is 9.36. The fourth-order valence-corrected chi connectivity index (χ4v) is 14.5. The number of nitrogens with zero attached hydrogens (tertiary/aromatic N) is 2. The molecule has 0 N–H and O–H groups in total. The predicted octanol–water partition coefficient (Wildman–Crippen LogP) is 6.76. The van der Waals surface area contributed by atoms with Gasteiger partial charge in [-0.1, -0.05) is 0 Å². The minimum atomic E-state index is -4.80. The second-order valence-electron chi connectivity index (χ2n) is 9.15. The van der Waals surface area contributed by atoms with E-state index in [2.05, 4.69) is 0 Å². The molecule has 0 spiro atoms. The average molecular weight is 534 g/mol. The van der Waals surface area contributed by atoms with E-state index in [0.717, 1.165) is 0 Å². The SMILES string of the molecule is Fc1ccc(-n2cccc2)c(F)[c]1[Ti]([c]1c(F)ccc(-n2cccc2)c1F)([CH]1C=CC=C1)[CH]1C=CC=C1. The van der Waals surface area contributed by atoms with Gasteiger partial charge in [0.25, 0.3) is 0 Å². The van der Waals surface area contributed by atoms with Gasteiger partial charge in [0.1, 0.15) is 0 Å². The molecule has 0 bridgehead atoms. The molecule has 4 aromatic rings. The molecule has 0 radical (unpaired) electrons. The first-order valence-electron chi connectivity index (χ1n) is 12.0.